The highest BCUT2D eigenvalue weighted by Gasteiger charge is 2.12. The van der Waals surface area contributed by atoms with Gasteiger partial charge in [0.05, 0.1) is 0 Å². The Morgan fingerprint density at radius 3 is 2.69 bits per heavy atom. The van der Waals surface area contributed by atoms with E-state index in [-0.39, 0.29) is 11.6 Å². The average Bonchev–Trinajstić information content (AvgIpc) is 2.48. The number of urea groups is 1. The lowest BCUT2D eigenvalue weighted by molar-refractivity contribution is 0.232. The van der Waals surface area contributed by atoms with E-state index in [1.165, 1.54) is 0 Å². The fraction of sp³-hybridized carbons (Fsp3) is 0.636. The number of nitrogens with zero attached hydrogens (tertiary/aromatic N) is 2. The molecule has 1 rings (SSSR count). The molecule has 0 fully saturated rings. The van der Waals surface area contributed by atoms with Crippen molar-refractivity contribution < 1.29 is 4.79 Å². The number of nitrogens with one attached hydrogen (secondary N) is 2. The first kappa shape index (κ1) is 12.5. The molecule has 0 atom stereocenters. The molecule has 5 heteroatoms. The molecule has 0 saturated heterocycles. The molecule has 5 nitrogen and oxygen atoms in total. The molecule has 1 aromatic rings. The molecule has 90 valence electrons. The van der Waals surface area contributed by atoms with Crippen LogP contribution >= 0.6 is 0 Å². The summed E-state index contributed by atoms with van der Waals surface area (Å²) in [4.78, 5) is 11.4. The largest absolute Gasteiger partial charge is 0.338 e. The number of hydrogen-bond donors (Lipinski definition) is 2. The molecular formula is C11H20N4O. The summed E-state index contributed by atoms with van der Waals surface area (Å²) in [7, 11) is 1.89. The molecule has 0 spiro atoms. The van der Waals surface area contributed by atoms with E-state index in [9.17, 15) is 4.79 Å². The van der Waals surface area contributed by atoms with E-state index in [0.29, 0.717) is 6.54 Å². The van der Waals surface area contributed by atoms with Gasteiger partial charge in [0.2, 0.25) is 0 Å². The zero-order valence-corrected chi connectivity index (χ0v) is 10.4. The molecule has 0 aliphatic carbocycles. The van der Waals surface area contributed by atoms with Gasteiger partial charge in [-0.3, -0.25) is 4.68 Å². The first-order chi connectivity index (χ1) is 7.38. The van der Waals surface area contributed by atoms with Crippen LogP contribution in [0.3, 0.4) is 0 Å². The van der Waals surface area contributed by atoms with Gasteiger partial charge >= 0.3 is 6.03 Å². The third-order valence-corrected chi connectivity index (χ3v) is 2.08. The number of carbonyl (C=O) groups is 1. The average molecular weight is 224 g/mol. The third-order valence-electron chi connectivity index (χ3n) is 2.08. The zero-order chi connectivity index (χ0) is 12.2. The summed E-state index contributed by atoms with van der Waals surface area (Å²) < 4.78 is 1.81. The van der Waals surface area contributed by atoms with Crippen LogP contribution in [0.1, 0.15) is 26.5 Å². The molecule has 2 amide bonds. The minimum absolute atomic E-state index is 0.130. The quantitative estimate of drug-likeness (QED) is 0.806. The highest BCUT2D eigenvalue weighted by molar-refractivity contribution is 5.74. The summed E-state index contributed by atoms with van der Waals surface area (Å²) in [6.07, 6.45) is 2.54. The summed E-state index contributed by atoms with van der Waals surface area (Å²) in [5, 5.41) is 9.72. The van der Waals surface area contributed by atoms with Crippen molar-refractivity contribution in [3.63, 3.8) is 0 Å². The van der Waals surface area contributed by atoms with Gasteiger partial charge in [0.25, 0.3) is 0 Å². The molecule has 0 aromatic carbocycles. The Labute approximate surface area is 96.2 Å². The lowest BCUT2D eigenvalue weighted by atomic mass is 10.1. The number of rotatable bonds is 3. The van der Waals surface area contributed by atoms with Gasteiger partial charge in [0.1, 0.15) is 0 Å². The standard InChI is InChI=1S/C11H20N4O/c1-11(2,3)14-10(16)12-7-5-9-6-8-13-15(9)4/h6,8H,5,7H2,1-4H3,(H2,12,14,16). The minimum Gasteiger partial charge on any atom is -0.338 e. The summed E-state index contributed by atoms with van der Waals surface area (Å²) in [6.45, 7) is 6.47. The Bertz CT molecular complexity index is 351. The van der Waals surface area contributed by atoms with Gasteiger partial charge in [-0.05, 0) is 26.8 Å². The molecule has 2 N–H and O–H groups in total. The molecular weight excluding hydrogens is 204 g/mol. The summed E-state index contributed by atoms with van der Waals surface area (Å²) in [6, 6.07) is 1.82. The van der Waals surface area contributed by atoms with Crippen molar-refractivity contribution in [2.45, 2.75) is 32.7 Å². The van der Waals surface area contributed by atoms with Crippen molar-refractivity contribution in [1.29, 1.82) is 0 Å². The SMILES string of the molecule is Cn1nccc1CCNC(=O)NC(C)(C)C. The molecule has 1 heterocycles. The van der Waals surface area contributed by atoms with Crippen LogP contribution in [0.15, 0.2) is 12.3 Å². The fourth-order valence-corrected chi connectivity index (χ4v) is 1.34. The number of amides is 2. The number of carbonyl (C=O) groups excluding carboxylic acids is 1. The Kier molecular flexibility index (Phi) is 3.93. The van der Waals surface area contributed by atoms with Crippen molar-refractivity contribution in [2.24, 2.45) is 7.05 Å². The molecule has 0 saturated carbocycles. The summed E-state index contributed by atoms with van der Waals surface area (Å²) in [5.74, 6) is 0. The maximum atomic E-state index is 11.4. The second-order valence-electron chi connectivity index (χ2n) is 4.83. The van der Waals surface area contributed by atoms with E-state index in [2.05, 4.69) is 15.7 Å². The topological polar surface area (TPSA) is 59.0 Å². The van der Waals surface area contributed by atoms with Crippen LogP contribution < -0.4 is 10.6 Å². The van der Waals surface area contributed by atoms with Crippen molar-refractivity contribution >= 4 is 6.03 Å². The highest BCUT2D eigenvalue weighted by atomic mass is 16.2. The fourth-order valence-electron chi connectivity index (χ4n) is 1.34. The van der Waals surface area contributed by atoms with E-state index in [4.69, 9.17) is 0 Å². The normalized spacial score (nSPS) is 11.2. The second kappa shape index (κ2) is 5.01. The smallest absolute Gasteiger partial charge is 0.315 e. The van der Waals surface area contributed by atoms with Crippen molar-refractivity contribution in [3.8, 4) is 0 Å². The van der Waals surface area contributed by atoms with Gasteiger partial charge in [0, 0.05) is 37.4 Å². The molecule has 0 unspecified atom stereocenters. The lowest BCUT2D eigenvalue weighted by Crippen LogP contribution is -2.46. The maximum Gasteiger partial charge on any atom is 0.315 e. The van der Waals surface area contributed by atoms with Gasteiger partial charge in [-0.2, -0.15) is 5.10 Å². The van der Waals surface area contributed by atoms with Crippen LogP contribution in [-0.4, -0.2) is 27.9 Å². The van der Waals surface area contributed by atoms with Gasteiger partial charge < -0.3 is 10.6 Å². The Balaban J connectivity index is 2.26. The monoisotopic (exact) mass is 224 g/mol. The van der Waals surface area contributed by atoms with Crippen molar-refractivity contribution in [3.05, 3.63) is 18.0 Å². The van der Waals surface area contributed by atoms with Crippen LogP contribution in [0, 0.1) is 0 Å². The summed E-state index contributed by atoms with van der Waals surface area (Å²) in [5.41, 5.74) is 0.910. The van der Waals surface area contributed by atoms with E-state index in [0.717, 1.165) is 12.1 Å². The molecule has 0 radical (unpaired) electrons. The lowest BCUT2D eigenvalue weighted by Gasteiger charge is -2.20. The molecule has 0 bridgehead atoms. The van der Waals surface area contributed by atoms with Crippen LogP contribution in [0.2, 0.25) is 0 Å². The van der Waals surface area contributed by atoms with E-state index in [1.54, 1.807) is 6.20 Å². The summed E-state index contributed by atoms with van der Waals surface area (Å²) >= 11 is 0. The molecule has 0 aliphatic heterocycles. The second-order valence-corrected chi connectivity index (χ2v) is 4.83. The Hall–Kier alpha value is -1.52. The van der Waals surface area contributed by atoms with E-state index in [1.807, 2.05) is 38.6 Å². The van der Waals surface area contributed by atoms with Crippen molar-refractivity contribution in [2.75, 3.05) is 6.54 Å². The predicted molar refractivity (Wildman–Crippen MR) is 63.2 cm³/mol. The number of aromatic nitrogens is 2. The van der Waals surface area contributed by atoms with Gasteiger partial charge in [0.15, 0.2) is 0 Å². The first-order valence-electron chi connectivity index (χ1n) is 5.41. The van der Waals surface area contributed by atoms with Gasteiger partial charge in [-0.1, -0.05) is 0 Å². The van der Waals surface area contributed by atoms with E-state index >= 15 is 0 Å². The first-order valence-corrected chi connectivity index (χ1v) is 5.41. The van der Waals surface area contributed by atoms with Crippen LogP contribution in [0.25, 0.3) is 0 Å². The predicted octanol–water partition coefficient (Wildman–Crippen LogP) is 1.06. The Morgan fingerprint density at radius 2 is 2.19 bits per heavy atom. The maximum absolute atomic E-state index is 11.4. The highest BCUT2D eigenvalue weighted by Crippen LogP contribution is 1.98. The van der Waals surface area contributed by atoms with Gasteiger partial charge in [-0.25, -0.2) is 4.79 Å². The number of aryl methyl sites for hydroxylation is 1. The minimum atomic E-state index is -0.198. The zero-order valence-electron chi connectivity index (χ0n) is 10.4. The van der Waals surface area contributed by atoms with Crippen LogP contribution in [0.5, 0.6) is 0 Å². The van der Waals surface area contributed by atoms with Crippen LogP contribution in [0.4, 0.5) is 4.79 Å². The van der Waals surface area contributed by atoms with E-state index < -0.39 is 0 Å². The molecule has 16 heavy (non-hydrogen) atoms. The third kappa shape index (κ3) is 4.33. The number of hydrogen-bond acceptors (Lipinski definition) is 2. The van der Waals surface area contributed by atoms with Crippen molar-refractivity contribution in [1.82, 2.24) is 20.4 Å². The van der Waals surface area contributed by atoms with Gasteiger partial charge in [-0.15, -0.1) is 0 Å². The Morgan fingerprint density at radius 1 is 1.50 bits per heavy atom. The molecule has 0 aliphatic rings. The van der Waals surface area contributed by atoms with Crippen LogP contribution in [-0.2, 0) is 13.5 Å². The molecule has 1 aromatic heterocycles.